The Balaban J connectivity index is 3.12. The zero-order chi connectivity index (χ0) is 12.6. The predicted molar refractivity (Wildman–Crippen MR) is 53.6 cm³/mol. The van der Waals surface area contributed by atoms with E-state index in [0.29, 0.717) is 0 Å². The molecule has 0 aromatic carbocycles. The smallest absolute Gasteiger partial charge is 0.365 e. The number of rotatable bonds is 4. The lowest BCUT2D eigenvalue weighted by Crippen LogP contribution is -2.38. The van der Waals surface area contributed by atoms with Crippen LogP contribution in [0.1, 0.15) is 0 Å². The molecule has 5 N–H and O–H groups in total. The lowest BCUT2D eigenvalue weighted by Gasteiger charge is -2.27. The third kappa shape index (κ3) is 2.46. The number of hydrogen-bond donors (Lipinski definition) is 5. The van der Waals surface area contributed by atoms with Gasteiger partial charge in [-0.2, -0.15) is 0 Å². The van der Waals surface area contributed by atoms with E-state index in [1.165, 1.54) is 6.21 Å². The lowest BCUT2D eigenvalue weighted by atomic mass is 10.6. The quantitative estimate of drug-likeness (QED) is 0.297. The molecule has 11 heteroatoms. The number of aliphatic hydroxyl groups is 1. The van der Waals surface area contributed by atoms with E-state index in [4.69, 9.17) is 19.6 Å². The van der Waals surface area contributed by atoms with Crippen molar-refractivity contribution in [2.24, 2.45) is 4.99 Å². The minimum atomic E-state index is -5.39. The van der Waals surface area contributed by atoms with Gasteiger partial charge in [0.1, 0.15) is 12.8 Å². The Hall–Kier alpha value is -0.400. The molecule has 0 unspecified atom stereocenters. The van der Waals surface area contributed by atoms with Crippen LogP contribution < -0.4 is 0 Å². The highest BCUT2D eigenvalue weighted by Crippen LogP contribution is 2.67. The SMILES string of the molecule is O=P(O)(O)C(O)(C[N+]1=CCN=C1)P(=O)(O)O. The molecule has 0 aromatic rings. The van der Waals surface area contributed by atoms with Gasteiger partial charge in [-0.15, -0.1) is 0 Å². The second-order valence-corrected chi connectivity index (χ2v) is 7.21. The molecule has 92 valence electrons. The molecular weight excluding hydrogens is 262 g/mol. The van der Waals surface area contributed by atoms with Crippen molar-refractivity contribution in [3.63, 3.8) is 0 Å². The van der Waals surface area contributed by atoms with E-state index < -0.39 is 26.8 Å². The van der Waals surface area contributed by atoms with Gasteiger partial charge in [-0.1, -0.05) is 4.99 Å². The maximum Gasteiger partial charge on any atom is 0.373 e. The van der Waals surface area contributed by atoms with Gasteiger partial charge in [0, 0.05) is 0 Å². The molecule has 0 aliphatic carbocycles. The molecular formula is C5H11N2O7P2+. The Bertz CT molecular complexity index is 410. The minimum absolute atomic E-state index is 0.221. The number of aliphatic imine (C=N–C) groups is 1. The van der Waals surface area contributed by atoms with Gasteiger partial charge in [0.2, 0.25) is 0 Å². The third-order valence-corrected chi connectivity index (χ3v) is 5.69. The van der Waals surface area contributed by atoms with Crippen molar-refractivity contribution in [2.45, 2.75) is 5.08 Å². The summed E-state index contributed by atoms with van der Waals surface area (Å²) in [5.41, 5.74) is 0. The molecule has 0 saturated carbocycles. The Kier molecular flexibility index (Phi) is 3.52. The second kappa shape index (κ2) is 4.12. The van der Waals surface area contributed by atoms with Gasteiger partial charge in [-0.3, -0.25) is 9.13 Å². The number of β-amino-alcohol motifs (C(OH)–C–C–N with tert-alkyl or cyclic N) is 1. The van der Waals surface area contributed by atoms with Gasteiger partial charge in [0.15, 0.2) is 6.54 Å². The zero-order valence-electron chi connectivity index (χ0n) is 7.91. The summed E-state index contributed by atoms with van der Waals surface area (Å²) in [5, 5.41) is 6.07. The highest BCUT2D eigenvalue weighted by Gasteiger charge is 2.61. The number of nitrogens with zero attached hydrogens (tertiary/aromatic N) is 2. The normalized spacial score (nSPS) is 17.7. The van der Waals surface area contributed by atoms with Crippen LogP contribution in [0, 0.1) is 0 Å². The second-order valence-electron chi connectivity index (χ2n) is 3.20. The van der Waals surface area contributed by atoms with Crippen molar-refractivity contribution in [2.75, 3.05) is 13.1 Å². The Labute approximate surface area is 90.1 Å². The van der Waals surface area contributed by atoms with Gasteiger partial charge in [0.05, 0.1) is 0 Å². The van der Waals surface area contributed by atoms with Gasteiger partial charge in [0.25, 0.3) is 6.34 Å². The summed E-state index contributed by atoms with van der Waals surface area (Å²) < 4.78 is 22.9. The molecule has 0 bridgehead atoms. The molecule has 1 aliphatic rings. The van der Waals surface area contributed by atoms with Crippen LogP contribution in [0.15, 0.2) is 4.99 Å². The largest absolute Gasteiger partial charge is 0.373 e. The average molecular weight is 273 g/mol. The van der Waals surface area contributed by atoms with Crippen molar-refractivity contribution in [3.8, 4) is 0 Å². The van der Waals surface area contributed by atoms with Crippen LogP contribution in [-0.4, -0.2) is 60.0 Å². The first kappa shape index (κ1) is 13.7. The summed E-state index contributed by atoms with van der Waals surface area (Å²) in [6.07, 6.45) is 2.45. The fourth-order valence-corrected chi connectivity index (χ4v) is 3.11. The first-order valence-electron chi connectivity index (χ1n) is 4.00. The molecule has 1 heterocycles. The Morgan fingerprint density at radius 2 is 1.75 bits per heavy atom. The average Bonchev–Trinajstić information content (AvgIpc) is 2.52. The maximum absolute atomic E-state index is 11.0. The molecule has 0 amide bonds. The molecule has 0 fully saturated rings. The van der Waals surface area contributed by atoms with Crippen molar-refractivity contribution in [1.82, 2.24) is 0 Å². The van der Waals surface area contributed by atoms with E-state index >= 15 is 0 Å². The highest BCUT2D eigenvalue weighted by atomic mass is 31.2. The monoisotopic (exact) mass is 273 g/mol. The summed E-state index contributed by atoms with van der Waals surface area (Å²) in [6.45, 7) is -0.705. The fourth-order valence-electron chi connectivity index (χ4n) is 1.06. The van der Waals surface area contributed by atoms with Gasteiger partial charge in [-0.05, 0) is 0 Å². The van der Waals surface area contributed by atoms with Crippen LogP contribution >= 0.6 is 15.2 Å². The molecule has 1 aliphatic heterocycles. The summed E-state index contributed by atoms with van der Waals surface area (Å²) in [6, 6.07) is 0. The fraction of sp³-hybridized carbons (Fsp3) is 0.600. The zero-order valence-corrected chi connectivity index (χ0v) is 9.70. The molecule has 16 heavy (non-hydrogen) atoms. The van der Waals surface area contributed by atoms with Gasteiger partial charge in [-0.25, -0.2) is 4.58 Å². The summed E-state index contributed by atoms with van der Waals surface area (Å²) in [5.74, 6) is 0. The predicted octanol–water partition coefficient (Wildman–Crippen LogP) is -1.89. The van der Waals surface area contributed by atoms with Crippen molar-refractivity contribution in [3.05, 3.63) is 0 Å². The molecule has 0 spiro atoms. The van der Waals surface area contributed by atoms with Crippen LogP contribution in [0.2, 0.25) is 0 Å². The van der Waals surface area contributed by atoms with E-state index in [1.807, 2.05) is 0 Å². The van der Waals surface area contributed by atoms with Crippen LogP contribution in [0.4, 0.5) is 0 Å². The summed E-state index contributed by atoms with van der Waals surface area (Å²) in [4.78, 5) is 38.9. The standard InChI is InChI=1S/C5H10N2O7P2/c8-5(15(9,10)11,16(12,13)14)3-7-2-1-6-4-7/h2,4,8H,1,3H2,(H3-,9,10,11,12,13,14)/p+1. The molecule has 0 radical (unpaired) electrons. The molecule has 0 atom stereocenters. The van der Waals surface area contributed by atoms with E-state index in [0.717, 1.165) is 10.9 Å². The number of hydrogen-bond acceptors (Lipinski definition) is 4. The van der Waals surface area contributed by atoms with Crippen molar-refractivity contribution < 1.29 is 38.4 Å². The highest BCUT2D eigenvalue weighted by molar-refractivity contribution is 7.72. The topological polar surface area (TPSA) is 151 Å². The Morgan fingerprint density at radius 1 is 1.25 bits per heavy atom. The van der Waals surface area contributed by atoms with Crippen LogP contribution in [0.5, 0.6) is 0 Å². The van der Waals surface area contributed by atoms with E-state index in [1.54, 1.807) is 0 Å². The van der Waals surface area contributed by atoms with Crippen molar-refractivity contribution in [1.29, 1.82) is 0 Å². The van der Waals surface area contributed by atoms with E-state index in [-0.39, 0.29) is 6.54 Å². The van der Waals surface area contributed by atoms with Crippen LogP contribution in [-0.2, 0) is 9.13 Å². The van der Waals surface area contributed by atoms with Crippen LogP contribution in [0.3, 0.4) is 0 Å². The summed E-state index contributed by atoms with van der Waals surface area (Å²) >= 11 is 0. The first-order valence-corrected chi connectivity index (χ1v) is 7.23. The van der Waals surface area contributed by atoms with Gasteiger partial charge >= 0.3 is 20.3 Å². The molecule has 0 saturated heterocycles. The minimum Gasteiger partial charge on any atom is -0.365 e. The summed E-state index contributed by atoms with van der Waals surface area (Å²) in [7, 11) is -10.8. The maximum atomic E-state index is 11.0. The molecule has 0 aromatic heterocycles. The molecule has 9 nitrogen and oxygen atoms in total. The Morgan fingerprint density at radius 3 is 2.06 bits per heavy atom. The van der Waals surface area contributed by atoms with E-state index in [9.17, 15) is 14.2 Å². The van der Waals surface area contributed by atoms with Gasteiger partial charge < -0.3 is 24.7 Å². The van der Waals surface area contributed by atoms with Crippen LogP contribution in [0.25, 0.3) is 0 Å². The first-order chi connectivity index (χ1) is 7.08. The van der Waals surface area contributed by atoms with E-state index in [2.05, 4.69) is 4.99 Å². The molecule has 1 rings (SSSR count). The third-order valence-electron chi connectivity index (χ3n) is 1.98. The van der Waals surface area contributed by atoms with Crippen molar-refractivity contribution >= 4 is 27.7 Å². The lowest BCUT2D eigenvalue weighted by molar-refractivity contribution is -0.404.